The van der Waals surface area contributed by atoms with Gasteiger partial charge in [0.1, 0.15) is 34.8 Å². The van der Waals surface area contributed by atoms with E-state index in [-0.39, 0.29) is 23.7 Å². The summed E-state index contributed by atoms with van der Waals surface area (Å²) in [6.45, 7) is -0.230. The van der Waals surface area contributed by atoms with Crippen molar-refractivity contribution in [2.24, 2.45) is 0 Å². The fourth-order valence-electron chi connectivity index (χ4n) is 3.47. The van der Waals surface area contributed by atoms with Crippen molar-refractivity contribution < 1.29 is 23.4 Å². The molecule has 0 aliphatic heterocycles. The molecule has 5 rings (SSSR count). The summed E-state index contributed by atoms with van der Waals surface area (Å²) >= 11 is 6.10. The number of carbonyl (C=O) groups is 1. The van der Waals surface area contributed by atoms with Crippen molar-refractivity contribution in [2.45, 2.75) is 0 Å². The predicted molar refractivity (Wildman–Crippen MR) is 141 cm³/mol. The van der Waals surface area contributed by atoms with Gasteiger partial charge in [-0.2, -0.15) is 0 Å². The molecule has 7 nitrogen and oxygen atoms in total. The summed E-state index contributed by atoms with van der Waals surface area (Å²) in [6, 6.07) is 27.9. The van der Waals surface area contributed by atoms with Gasteiger partial charge in [-0.1, -0.05) is 41.9 Å². The number of ether oxygens (including phenoxy) is 3. The van der Waals surface area contributed by atoms with Gasteiger partial charge in [-0.3, -0.25) is 9.59 Å². The Bertz CT molecular complexity index is 1600. The monoisotopic (exact) mass is 513 g/mol. The van der Waals surface area contributed by atoms with Crippen LogP contribution in [0.5, 0.6) is 28.7 Å². The number of anilines is 1. The van der Waals surface area contributed by atoms with E-state index in [1.807, 2.05) is 30.3 Å². The number of hydrogen-bond donors (Lipinski definition) is 1. The zero-order valence-electron chi connectivity index (χ0n) is 19.3. The first-order valence-electron chi connectivity index (χ1n) is 11.3. The van der Waals surface area contributed by atoms with Crippen LogP contribution in [0.1, 0.15) is 0 Å². The summed E-state index contributed by atoms with van der Waals surface area (Å²) in [7, 11) is 0. The molecule has 1 amide bonds. The lowest BCUT2D eigenvalue weighted by Crippen LogP contribution is -2.20. The molecule has 0 atom stereocenters. The van der Waals surface area contributed by atoms with E-state index in [9.17, 15) is 9.59 Å². The first-order chi connectivity index (χ1) is 18.0. The van der Waals surface area contributed by atoms with Crippen molar-refractivity contribution in [2.75, 3.05) is 11.9 Å². The van der Waals surface area contributed by atoms with E-state index in [0.29, 0.717) is 38.9 Å². The fourth-order valence-corrected chi connectivity index (χ4v) is 3.65. The van der Waals surface area contributed by atoms with E-state index >= 15 is 0 Å². The van der Waals surface area contributed by atoms with Gasteiger partial charge in [0.25, 0.3) is 5.91 Å². The summed E-state index contributed by atoms with van der Waals surface area (Å²) in [5.41, 5.74) is 0.540. The number of hydrogen-bond acceptors (Lipinski definition) is 6. The molecule has 0 unspecified atom stereocenters. The fraction of sp³-hybridized carbons (Fsp3) is 0.0345. The van der Waals surface area contributed by atoms with E-state index in [1.54, 1.807) is 66.7 Å². The van der Waals surface area contributed by atoms with Crippen molar-refractivity contribution >= 4 is 34.2 Å². The van der Waals surface area contributed by atoms with Crippen LogP contribution in [0.2, 0.25) is 5.02 Å². The molecule has 1 N–H and O–H groups in total. The van der Waals surface area contributed by atoms with Gasteiger partial charge in [-0.05, 0) is 60.7 Å². The van der Waals surface area contributed by atoms with Crippen molar-refractivity contribution in [1.29, 1.82) is 0 Å². The van der Waals surface area contributed by atoms with E-state index in [1.165, 1.54) is 6.26 Å². The first kappa shape index (κ1) is 24.0. The van der Waals surface area contributed by atoms with Gasteiger partial charge in [-0.15, -0.1) is 0 Å². The smallest absolute Gasteiger partial charge is 0.262 e. The van der Waals surface area contributed by atoms with Crippen molar-refractivity contribution in [3.8, 4) is 28.7 Å². The summed E-state index contributed by atoms with van der Waals surface area (Å²) in [5.74, 6) is 1.76. The number of benzene rings is 4. The second-order valence-electron chi connectivity index (χ2n) is 7.90. The molecule has 184 valence electrons. The third kappa shape index (κ3) is 5.91. The summed E-state index contributed by atoms with van der Waals surface area (Å²) in [5, 5.41) is 3.44. The Hall–Kier alpha value is -4.75. The topological polar surface area (TPSA) is 87.0 Å². The minimum atomic E-state index is -0.356. The van der Waals surface area contributed by atoms with Gasteiger partial charge in [0.2, 0.25) is 11.2 Å². The Kier molecular flexibility index (Phi) is 7.05. The SMILES string of the molecule is O=C(COc1ccc2c(=O)c(Oc3ccccc3Cl)coc2c1)Nc1ccc(Oc2ccccc2)cc1. The maximum atomic E-state index is 12.8. The van der Waals surface area contributed by atoms with Gasteiger partial charge in [-0.25, -0.2) is 0 Å². The summed E-state index contributed by atoms with van der Waals surface area (Å²) < 4.78 is 22.5. The largest absolute Gasteiger partial charge is 0.484 e. The molecule has 0 saturated heterocycles. The van der Waals surface area contributed by atoms with Crippen LogP contribution in [0.3, 0.4) is 0 Å². The normalized spacial score (nSPS) is 10.6. The number of nitrogens with one attached hydrogen (secondary N) is 1. The lowest BCUT2D eigenvalue weighted by Gasteiger charge is -2.10. The first-order valence-corrected chi connectivity index (χ1v) is 11.7. The summed E-state index contributed by atoms with van der Waals surface area (Å²) in [6.07, 6.45) is 1.22. The molecular formula is C29H20ClNO6. The van der Waals surface area contributed by atoms with Crippen molar-refractivity contribution in [3.05, 3.63) is 119 Å². The highest BCUT2D eigenvalue weighted by Gasteiger charge is 2.12. The van der Waals surface area contributed by atoms with Crippen LogP contribution in [-0.4, -0.2) is 12.5 Å². The highest BCUT2D eigenvalue weighted by atomic mass is 35.5. The van der Waals surface area contributed by atoms with Gasteiger partial charge >= 0.3 is 0 Å². The number of para-hydroxylation sites is 2. The third-order valence-electron chi connectivity index (χ3n) is 5.26. The van der Waals surface area contributed by atoms with Crippen LogP contribution in [0.4, 0.5) is 5.69 Å². The second kappa shape index (κ2) is 10.9. The zero-order valence-corrected chi connectivity index (χ0v) is 20.1. The number of carbonyl (C=O) groups excluding carboxylic acids is 1. The van der Waals surface area contributed by atoms with Crippen molar-refractivity contribution in [1.82, 2.24) is 0 Å². The van der Waals surface area contributed by atoms with Crippen molar-refractivity contribution in [3.63, 3.8) is 0 Å². The zero-order chi connectivity index (χ0) is 25.6. The van der Waals surface area contributed by atoms with Crippen LogP contribution >= 0.6 is 11.6 Å². The van der Waals surface area contributed by atoms with Gasteiger partial charge in [0.15, 0.2) is 6.61 Å². The Morgan fingerprint density at radius 3 is 2.27 bits per heavy atom. The standard InChI is InChI=1S/C29H20ClNO6/c30-24-8-4-5-9-25(24)37-27-17-35-26-16-22(14-15-23(26)29(27)33)34-18-28(32)31-19-10-12-21(13-11-19)36-20-6-2-1-3-7-20/h1-17H,18H2,(H,31,32). The molecule has 0 radical (unpaired) electrons. The Labute approximate surface area is 216 Å². The van der Waals surface area contributed by atoms with Crippen LogP contribution in [-0.2, 0) is 4.79 Å². The molecular weight excluding hydrogens is 494 g/mol. The predicted octanol–water partition coefficient (Wildman–Crippen LogP) is 7.05. The second-order valence-corrected chi connectivity index (χ2v) is 8.30. The average molecular weight is 514 g/mol. The molecule has 5 aromatic rings. The van der Waals surface area contributed by atoms with E-state index in [2.05, 4.69) is 5.32 Å². The highest BCUT2D eigenvalue weighted by molar-refractivity contribution is 6.32. The van der Waals surface area contributed by atoms with Crippen LogP contribution in [0, 0.1) is 0 Å². The molecule has 8 heteroatoms. The lowest BCUT2D eigenvalue weighted by molar-refractivity contribution is -0.118. The minimum Gasteiger partial charge on any atom is -0.484 e. The molecule has 1 aromatic heterocycles. The highest BCUT2D eigenvalue weighted by Crippen LogP contribution is 2.29. The quantitative estimate of drug-likeness (QED) is 0.239. The number of fused-ring (bicyclic) bond motifs is 1. The number of rotatable bonds is 8. The Morgan fingerprint density at radius 1 is 0.784 bits per heavy atom. The Morgan fingerprint density at radius 2 is 1.49 bits per heavy atom. The molecule has 1 heterocycles. The molecule has 0 aliphatic rings. The molecule has 4 aromatic carbocycles. The number of halogens is 1. The van der Waals surface area contributed by atoms with E-state index in [0.717, 1.165) is 5.75 Å². The molecule has 0 saturated carbocycles. The average Bonchev–Trinajstić information content (AvgIpc) is 2.92. The van der Waals surface area contributed by atoms with Gasteiger partial charge in [0.05, 0.1) is 10.4 Å². The van der Waals surface area contributed by atoms with Gasteiger partial charge in [0, 0.05) is 11.8 Å². The third-order valence-corrected chi connectivity index (χ3v) is 5.57. The van der Waals surface area contributed by atoms with E-state index < -0.39 is 0 Å². The minimum absolute atomic E-state index is 0.00818. The number of amides is 1. The molecule has 37 heavy (non-hydrogen) atoms. The molecule has 0 spiro atoms. The molecule has 0 bridgehead atoms. The maximum Gasteiger partial charge on any atom is 0.262 e. The maximum absolute atomic E-state index is 12.8. The van der Waals surface area contributed by atoms with Gasteiger partial charge < -0.3 is 23.9 Å². The van der Waals surface area contributed by atoms with Crippen LogP contribution in [0.15, 0.2) is 113 Å². The van der Waals surface area contributed by atoms with Crippen LogP contribution in [0.25, 0.3) is 11.0 Å². The van der Waals surface area contributed by atoms with Crippen LogP contribution < -0.4 is 25.0 Å². The Balaban J connectivity index is 1.19. The summed E-state index contributed by atoms with van der Waals surface area (Å²) in [4.78, 5) is 25.2. The lowest BCUT2D eigenvalue weighted by atomic mass is 10.2. The molecule has 0 fully saturated rings. The van der Waals surface area contributed by atoms with E-state index in [4.69, 9.17) is 30.2 Å². The molecule has 0 aliphatic carbocycles.